The summed E-state index contributed by atoms with van der Waals surface area (Å²) in [5.74, 6) is -0.895. The van der Waals surface area contributed by atoms with E-state index < -0.39 is 32.2 Å². The third-order valence-corrected chi connectivity index (χ3v) is 9.97. The Kier molecular flexibility index (Phi) is 4.90. The summed E-state index contributed by atoms with van der Waals surface area (Å²) in [6.45, 7) is 0. The zero-order valence-electron chi connectivity index (χ0n) is 14.8. The van der Waals surface area contributed by atoms with Gasteiger partial charge in [0.15, 0.2) is 0 Å². The topological polar surface area (TPSA) is 61.4 Å². The van der Waals surface area contributed by atoms with Gasteiger partial charge in [0, 0.05) is 0 Å². The molecule has 2 aliphatic rings. The molecule has 1 saturated heterocycles. The van der Waals surface area contributed by atoms with Gasteiger partial charge in [-0.1, -0.05) is 0 Å². The SMILES string of the molecule is O=C1NC(=S)NC(=O)C1=Cc1ccc(N2c3ccccc3[Se]c3ccccc32)[te]1. The molecule has 0 spiro atoms. The Morgan fingerprint density at radius 3 is 2.07 bits per heavy atom. The van der Waals surface area contributed by atoms with Crippen molar-refractivity contribution in [3.8, 4) is 0 Å². The van der Waals surface area contributed by atoms with E-state index in [0.717, 1.165) is 3.58 Å². The second kappa shape index (κ2) is 7.56. The van der Waals surface area contributed by atoms with Crippen LogP contribution in [0.15, 0.2) is 66.2 Å². The molecule has 0 bridgehead atoms. The predicted octanol–water partition coefficient (Wildman–Crippen LogP) is 1.10. The third-order valence-electron chi connectivity index (χ3n) is 4.50. The van der Waals surface area contributed by atoms with Gasteiger partial charge < -0.3 is 0 Å². The van der Waals surface area contributed by atoms with Gasteiger partial charge in [-0.05, 0) is 0 Å². The number of hydrogen-bond acceptors (Lipinski definition) is 4. The second-order valence-corrected chi connectivity index (χ2v) is 12.1. The number of benzene rings is 2. The number of carbonyl (C=O) groups excluding carboxylic acids is 2. The number of hydrogen-bond donors (Lipinski definition) is 2. The molecule has 1 aromatic heterocycles. The van der Waals surface area contributed by atoms with Gasteiger partial charge in [-0.2, -0.15) is 0 Å². The molecule has 2 aromatic carbocycles. The summed E-state index contributed by atoms with van der Waals surface area (Å²) >= 11 is 4.36. The van der Waals surface area contributed by atoms with E-state index in [0.29, 0.717) is 0 Å². The van der Waals surface area contributed by atoms with Gasteiger partial charge in [0.2, 0.25) is 0 Å². The Balaban J connectivity index is 1.56. The molecule has 0 saturated carbocycles. The van der Waals surface area contributed by atoms with Crippen molar-refractivity contribution >= 4 is 94.6 Å². The number of fused-ring (bicyclic) bond motifs is 2. The average molecular weight is 578 g/mol. The normalized spacial score (nSPS) is 15.4. The number of para-hydroxylation sites is 2. The fraction of sp³-hybridized carbons (Fsp3) is 0. The van der Waals surface area contributed by atoms with Crippen LogP contribution in [0.3, 0.4) is 0 Å². The first-order valence-corrected chi connectivity index (χ1v) is 13.2. The zero-order chi connectivity index (χ0) is 20.0. The summed E-state index contributed by atoms with van der Waals surface area (Å²) in [6, 6.07) is 21.2. The molecule has 2 N–H and O–H groups in total. The Morgan fingerprint density at radius 2 is 1.45 bits per heavy atom. The summed E-state index contributed by atoms with van der Waals surface area (Å²) < 4.78 is 4.99. The summed E-state index contributed by atoms with van der Waals surface area (Å²) in [5.41, 5.74) is 2.55. The van der Waals surface area contributed by atoms with E-state index in [1.54, 1.807) is 6.08 Å². The Bertz CT molecular complexity index is 1150. The molecule has 3 heterocycles. The van der Waals surface area contributed by atoms with Crippen molar-refractivity contribution in [3.63, 3.8) is 0 Å². The molecule has 0 atom stereocenters. The zero-order valence-corrected chi connectivity index (χ0v) is 19.7. The van der Waals surface area contributed by atoms with Crippen LogP contribution in [0.1, 0.15) is 3.58 Å². The molecule has 3 aromatic rings. The minimum absolute atomic E-state index is 0.0521. The van der Waals surface area contributed by atoms with Crippen molar-refractivity contribution in [1.82, 2.24) is 10.6 Å². The van der Waals surface area contributed by atoms with Gasteiger partial charge >= 0.3 is 190 Å². The van der Waals surface area contributed by atoms with Crippen LogP contribution in [-0.4, -0.2) is 52.3 Å². The molecular formula is C21H13N3O2SSeTe. The van der Waals surface area contributed by atoms with Gasteiger partial charge in [-0.3, -0.25) is 0 Å². The number of anilines is 3. The Hall–Kier alpha value is -2.20. The van der Waals surface area contributed by atoms with E-state index in [2.05, 4.69) is 70.1 Å². The van der Waals surface area contributed by atoms with Crippen LogP contribution < -0.4 is 24.5 Å². The molecule has 1 fully saturated rings. The van der Waals surface area contributed by atoms with E-state index >= 15 is 0 Å². The number of carbonyl (C=O) groups is 2. The molecule has 2 aliphatic heterocycles. The quantitative estimate of drug-likeness (QED) is 0.162. The van der Waals surface area contributed by atoms with Crippen molar-refractivity contribution in [2.75, 3.05) is 4.90 Å². The van der Waals surface area contributed by atoms with Crippen molar-refractivity contribution in [2.24, 2.45) is 0 Å². The van der Waals surface area contributed by atoms with E-state index in [-0.39, 0.29) is 25.6 Å². The van der Waals surface area contributed by atoms with Crippen molar-refractivity contribution in [3.05, 3.63) is 69.8 Å². The van der Waals surface area contributed by atoms with E-state index in [1.165, 1.54) is 24.0 Å². The predicted molar refractivity (Wildman–Crippen MR) is 120 cm³/mol. The molecule has 8 heteroatoms. The van der Waals surface area contributed by atoms with Gasteiger partial charge in [0.25, 0.3) is 0 Å². The van der Waals surface area contributed by atoms with Gasteiger partial charge in [0.05, 0.1) is 0 Å². The maximum atomic E-state index is 12.1. The van der Waals surface area contributed by atoms with E-state index in [9.17, 15) is 9.59 Å². The molecule has 0 unspecified atom stereocenters. The summed E-state index contributed by atoms with van der Waals surface area (Å²) in [7, 11) is 0. The molecule has 142 valence electrons. The number of thiocarbonyl (C=S) groups is 1. The summed E-state index contributed by atoms with van der Waals surface area (Å²) in [5, 5.41) is 5.03. The molecule has 0 aliphatic carbocycles. The van der Waals surface area contributed by atoms with Crippen LogP contribution in [0.4, 0.5) is 15.1 Å². The fourth-order valence-corrected chi connectivity index (χ4v) is 8.43. The number of amides is 2. The minimum atomic E-state index is -0.774. The third kappa shape index (κ3) is 3.48. The standard InChI is InChI=1S/C21H13N3O2SSeTe/c25-19-13(20(26)23-21(27)22-19)11-12-9-10-18(29-12)24-14-5-1-3-7-16(14)28-17-8-4-2-6-15(17)24/h1-11H,(H2,22,23,25,26,27). The molecule has 2 amide bonds. The second-order valence-electron chi connectivity index (χ2n) is 6.34. The molecule has 0 radical (unpaired) electrons. The molecular weight excluding hydrogens is 565 g/mol. The maximum absolute atomic E-state index is 12.1. The summed E-state index contributed by atoms with van der Waals surface area (Å²) in [6.07, 6.45) is 1.70. The first-order chi connectivity index (χ1) is 14.1. The van der Waals surface area contributed by atoms with Crippen LogP contribution >= 0.6 is 12.2 Å². The van der Waals surface area contributed by atoms with Crippen LogP contribution in [0.5, 0.6) is 0 Å². The van der Waals surface area contributed by atoms with Crippen LogP contribution in [0.2, 0.25) is 0 Å². The van der Waals surface area contributed by atoms with E-state index in [1.807, 2.05) is 6.07 Å². The van der Waals surface area contributed by atoms with Crippen LogP contribution in [-0.2, 0) is 9.59 Å². The fourth-order valence-electron chi connectivity index (χ4n) is 3.23. The van der Waals surface area contributed by atoms with Crippen LogP contribution in [0, 0.1) is 0 Å². The monoisotopic (exact) mass is 581 g/mol. The van der Waals surface area contributed by atoms with Gasteiger partial charge in [-0.15, -0.1) is 0 Å². The van der Waals surface area contributed by atoms with Gasteiger partial charge in [-0.25, -0.2) is 0 Å². The van der Waals surface area contributed by atoms with Crippen molar-refractivity contribution in [2.45, 2.75) is 0 Å². The molecule has 5 nitrogen and oxygen atoms in total. The van der Waals surface area contributed by atoms with E-state index in [4.69, 9.17) is 12.2 Å². The summed E-state index contributed by atoms with van der Waals surface area (Å²) in [4.78, 5) is 26.6. The Morgan fingerprint density at radius 1 is 0.862 bits per heavy atom. The first kappa shape index (κ1) is 18.8. The number of nitrogens with one attached hydrogen (secondary N) is 2. The van der Waals surface area contributed by atoms with Gasteiger partial charge in [0.1, 0.15) is 0 Å². The van der Waals surface area contributed by atoms with Crippen molar-refractivity contribution < 1.29 is 9.59 Å². The molecule has 5 rings (SSSR count). The average Bonchev–Trinajstić information content (AvgIpc) is 3.17. The first-order valence-electron chi connectivity index (χ1n) is 8.74. The number of nitrogens with zero attached hydrogens (tertiary/aromatic N) is 1. The van der Waals surface area contributed by atoms with Crippen LogP contribution in [0.25, 0.3) is 6.08 Å². The molecule has 29 heavy (non-hydrogen) atoms. The number of rotatable bonds is 2. The van der Waals surface area contributed by atoms with Crippen molar-refractivity contribution in [1.29, 1.82) is 0 Å². The Labute approximate surface area is 188 Å².